The first-order valence-corrected chi connectivity index (χ1v) is 5.78. The Morgan fingerprint density at radius 2 is 2.20 bits per heavy atom. The molecule has 1 fully saturated rings. The van der Waals surface area contributed by atoms with Crippen LogP contribution < -0.4 is 0 Å². The molecule has 84 valence electrons. The van der Waals surface area contributed by atoms with E-state index in [-0.39, 0.29) is 6.42 Å². The van der Waals surface area contributed by atoms with Gasteiger partial charge < -0.3 is 10.0 Å². The van der Waals surface area contributed by atoms with Crippen molar-refractivity contribution in [1.82, 2.24) is 4.90 Å². The highest BCUT2D eigenvalue weighted by Crippen LogP contribution is 2.28. The molecule has 0 saturated heterocycles. The number of amidine groups is 1. The molecule has 0 bridgehead atoms. The molecule has 4 heteroatoms. The van der Waals surface area contributed by atoms with Crippen LogP contribution in [0, 0.1) is 5.92 Å². The highest BCUT2D eigenvalue weighted by Gasteiger charge is 2.27. The molecule has 15 heavy (non-hydrogen) atoms. The largest absolute Gasteiger partial charge is 0.481 e. The third-order valence-corrected chi connectivity index (χ3v) is 3.28. The van der Waals surface area contributed by atoms with Crippen molar-refractivity contribution in [2.75, 3.05) is 19.6 Å². The minimum atomic E-state index is -0.715. The second kappa shape index (κ2) is 4.64. The predicted molar refractivity (Wildman–Crippen MR) is 58.1 cm³/mol. The monoisotopic (exact) mass is 210 g/mol. The maximum Gasteiger partial charge on any atom is 0.305 e. The lowest BCUT2D eigenvalue weighted by atomic mass is 10.1. The van der Waals surface area contributed by atoms with E-state index < -0.39 is 5.97 Å². The molecule has 2 rings (SSSR count). The number of carboxylic acid groups (broad SMARTS) is 1. The first-order valence-electron chi connectivity index (χ1n) is 5.78. The van der Waals surface area contributed by atoms with Crippen LogP contribution in [0.25, 0.3) is 0 Å². The SMILES string of the molecule is O=C(O)CCN1CCN=C1C1CCCC1. The van der Waals surface area contributed by atoms with Gasteiger partial charge >= 0.3 is 5.97 Å². The molecular weight excluding hydrogens is 192 g/mol. The average molecular weight is 210 g/mol. The molecule has 0 amide bonds. The summed E-state index contributed by atoms with van der Waals surface area (Å²) in [6, 6.07) is 0. The molecule has 0 aromatic rings. The van der Waals surface area contributed by atoms with E-state index in [4.69, 9.17) is 5.11 Å². The fourth-order valence-electron chi connectivity index (χ4n) is 2.53. The summed E-state index contributed by atoms with van der Waals surface area (Å²) in [4.78, 5) is 17.2. The lowest BCUT2D eigenvalue weighted by molar-refractivity contribution is -0.137. The lowest BCUT2D eigenvalue weighted by Crippen LogP contribution is -2.34. The van der Waals surface area contributed by atoms with Crippen LogP contribution in [-0.2, 0) is 4.79 Å². The Bertz CT molecular complexity index is 270. The molecule has 0 spiro atoms. The Balaban J connectivity index is 1.89. The third kappa shape index (κ3) is 2.49. The molecule has 1 heterocycles. The normalized spacial score (nSPS) is 22.1. The topological polar surface area (TPSA) is 52.9 Å². The lowest BCUT2D eigenvalue weighted by Gasteiger charge is -2.23. The average Bonchev–Trinajstić information content (AvgIpc) is 2.85. The smallest absolute Gasteiger partial charge is 0.305 e. The quantitative estimate of drug-likeness (QED) is 0.762. The molecular formula is C11H18N2O2. The Labute approximate surface area is 90.0 Å². The van der Waals surface area contributed by atoms with Gasteiger partial charge in [0.15, 0.2) is 0 Å². The summed E-state index contributed by atoms with van der Waals surface area (Å²) in [5, 5.41) is 8.66. The number of hydrogen-bond acceptors (Lipinski definition) is 3. The summed E-state index contributed by atoms with van der Waals surface area (Å²) < 4.78 is 0. The highest BCUT2D eigenvalue weighted by molar-refractivity contribution is 5.86. The van der Waals surface area contributed by atoms with Crippen molar-refractivity contribution in [3.8, 4) is 0 Å². The number of aliphatic imine (C=N–C) groups is 1. The zero-order chi connectivity index (χ0) is 10.7. The van der Waals surface area contributed by atoms with E-state index in [1.54, 1.807) is 0 Å². The predicted octanol–water partition coefficient (Wildman–Crippen LogP) is 1.37. The van der Waals surface area contributed by atoms with Crippen molar-refractivity contribution in [3.63, 3.8) is 0 Å². The summed E-state index contributed by atoms with van der Waals surface area (Å²) in [5.74, 6) is 1.09. The van der Waals surface area contributed by atoms with Gasteiger partial charge in [-0.3, -0.25) is 9.79 Å². The van der Waals surface area contributed by atoms with E-state index in [1.807, 2.05) is 0 Å². The van der Waals surface area contributed by atoms with Gasteiger partial charge in [0.1, 0.15) is 5.84 Å². The van der Waals surface area contributed by atoms with Gasteiger partial charge in [-0.05, 0) is 12.8 Å². The van der Waals surface area contributed by atoms with Crippen molar-refractivity contribution in [2.24, 2.45) is 10.9 Å². The van der Waals surface area contributed by atoms with Gasteiger partial charge in [-0.2, -0.15) is 0 Å². The molecule has 0 aromatic carbocycles. The van der Waals surface area contributed by atoms with Gasteiger partial charge in [0.2, 0.25) is 0 Å². The van der Waals surface area contributed by atoms with Crippen LogP contribution in [0.1, 0.15) is 32.1 Å². The van der Waals surface area contributed by atoms with E-state index in [2.05, 4.69) is 9.89 Å². The van der Waals surface area contributed by atoms with Crippen LogP contribution in [0.15, 0.2) is 4.99 Å². The van der Waals surface area contributed by atoms with Crippen LogP contribution in [0.5, 0.6) is 0 Å². The van der Waals surface area contributed by atoms with Crippen molar-refractivity contribution in [1.29, 1.82) is 0 Å². The zero-order valence-electron chi connectivity index (χ0n) is 8.98. The van der Waals surface area contributed by atoms with E-state index in [0.717, 1.165) is 13.1 Å². The van der Waals surface area contributed by atoms with Gasteiger partial charge in [0, 0.05) is 19.0 Å². The van der Waals surface area contributed by atoms with Gasteiger partial charge in [-0.1, -0.05) is 12.8 Å². The molecule has 2 aliphatic rings. The molecule has 1 saturated carbocycles. The summed E-state index contributed by atoms with van der Waals surface area (Å²) in [5.41, 5.74) is 0. The third-order valence-electron chi connectivity index (χ3n) is 3.28. The molecule has 1 aliphatic heterocycles. The Kier molecular flexibility index (Phi) is 3.23. The molecule has 0 unspecified atom stereocenters. The molecule has 0 radical (unpaired) electrons. The fourth-order valence-corrected chi connectivity index (χ4v) is 2.53. The van der Waals surface area contributed by atoms with Gasteiger partial charge in [-0.25, -0.2) is 0 Å². The maximum absolute atomic E-state index is 10.5. The molecule has 1 aliphatic carbocycles. The number of carbonyl (C=O) groups is 1. The first-order chi connectivity index (χ1) is 7.27. The van der Waals surface area contributed by atoms with Crippen molar-refractivity contribution >= 4 is 11.8 Å². The van der Waals surface area contributed by atoms with Gasteiger partial charge in [0.25, 0.3) is 0 Å². The Morgan fingerprint density at radius 3 is 2.87 bits per heavy atom. The van der Waals surface area contributed by atoms with E-state index in [9.17, 15) is 4.79 Å². The van der Waals surface area contributed by atoms with Gasteiger partial charge in [0.05, 0.1) is 13.0 Å². The maximum atomic E-state index is 10.5. The first kappa shape index (κ1) is 10.5. The van der Waals surface area contributed by atoms with Crippen molar-refractivity contribution in [3.05, 3.63) is 0 Å². The summed E-state index contributed by atoms with van der Waals surface area (Å²) in [6.45, 7) is 2.40. The van der Waals surface area contributed by atoms with Crippen molar-refractivity contribution in [2.45, 2.75) is 32.1 Å². The van der Waals surface area contributed by atoms with E-state index in [1.165, 1.54) is 31.5 Å². The van der Waals surface area contributed by atoms with Crippen molar-refractivity contribution < 1.29 is 9.90 Å². The molecule has 0 atom stereocenters. The molecule has 1 N–H and O–H groups in total. The molecule has 0 aromatic heterocycles. The van der Waals surface area contributed by atoms with Crippen LogP contribution in [0.4, 0.5) is 0 Å². The summed E-state index contributed by atoms with van der Waals surface area (Å²) >= 11 is 0. The number of rotatable bonds is 4. The number of carboxylic acids is 1. The van der Waals surface area contributed by atoms with Crippen LogP contribution in [0.3, 0.4) is 0 Å². The van der Waals surface area contributed by atoms with Crippen LogP contribution in [0.2, 0.25) is 0 Å². The minimum Gasteiger partial charge on any atom is -0.481 e. The minimum absolute atomic E-state index is 0.228. The second-order valence-electron chi connectivity index (χ2n) is 4.35. The summed E-state index contributed by atoms with van der Waals surface area (Å²) in [7, 11) is 0. The fraction of sp³-hybridized carbons (Fsp3) is 0.818. The van der Waals surface area contributed by atoms with Gasteiger partial charge in [-0.15, -0.1) is 0 Å². The second-order valence-corrected chi connectivity index (χ2v) is 4.35. The Morgan fingerprint density at radius 1 is 1.47 bits per heavy atom. The number of aliphatic carboxylic acids is 1. The van der Waals surface area contributed by atoms with Crippen LogP contribution in [-0.4, -0.2) is 41.4 Å². The number of hydrogen-bond donors (Lipinski definition) is 1. The molecule has 4 nitrogen and oxygen atoms in total. The van der Waals surface area contributed by atoms with E-state index >= 15 is 0 Å². The zero-order valence-corrected chi connectivity index (χ0v) is 8.98. The standard InChI is InChI=1S/C11H18N2O2/c14-10(15)5-7-13-8-6-12-11(13)9-3-1-2-4-9/h9H,1-8H2,(H,14,15). The Hall–Kier alpha value is -1.06. The van der Waals surface area contributed by atoms with E-state index in [0.29, 0.717) is 12.5 Å². The van der Waals surface area contributed by atoms with Crippen LogP contribution >= 0.6 is 0 Å². The highest BCUT2D eigenvalue weighted by atomic mass is 16.4. The summed E-state index contributed by atoms with van der Waals surface area (Å²) in [6.07, 6.45) is 5.31. The number of nitrogens with zero attached hydrogens (tertiary/aromatic N) is 2.